The third kappa shape index (κ3) is 3.81. The first-order chi connectivity index (χ1) is 13.5. The predicted molar refractivity (Wildman–Crippen MR) is 102 cm³/mol. The van der Waals surface area contributed by atoms with Crippen LogP contribution >= 0.6 is 0 Å². The van der Waals surface area contributed by atoms with Crippen molar-refractivity contribution < 1.29 is 22.6 Å². The molecule has 0 bridgehead atoms. The first-order valence-corrected chi connectivity index (χ1v) is 11.1. The largest absolute Gasteiger partial charge is 0.490 e. The summed E-state index contributed by atoms with van der Waals surface area (Å²) in [5.41, 5.74) is 0.662. The van der Waals surface area contributed by atoms with Crippen LogP contribution in [0, 0.1) is 6.92 Å². The lowest BCUT2D eigenvalue weighted by atomic mass is 9.94. The highest BCUT2D eigenvalue weighted by Crippen LogP contribution is 2.36. The zero-order valence-corrected chi connectivity index (χ0v) is 16.9. The predicted octanol–water partition coefficient (Wildman–Crippen LogP) is 2.61. The molecule has 1 aliphatic carbocycles. The van der Waals surface area contributed by atoms with E-state index in [9.17, 15) is 8.42 Å². The number of rotatable bonds is 6. The van der Waals surface area contributed by atoms with E-state index in [1.807, 2.05) is 25.1 Å². The van der Waals surface area contributed by atoms with Crippen LogP contribution in [0.4, 0.5) is 0 Å². The molecule has 2 aromatic rings. The molecule has 1 fully saturated rings. The van der Waals surface area contributed by atoms with Gasteiger partial charge in [-0.05, 0) is 51.7 Å². The van der Waals surface area contributed by atoms with E-state index < -0.39 is 10.0 Å². The number of hydrogen-bond donors (Lipinski definition) is 1. The second-order valence-corrected chi connectivity index (χ2v) is 8.82. The van der Waals surface area contributed by atoms with Crippen molar-refractivity contribution in [3.8, 4) is 17.2 Å². The van der Waals surface area contributed by atoms with Crippen LogP contribution in [0.1, 0.15) is 38.3 Å². The average Bonchev–Trinajstić information content (AvgIpc) is 3.29. The van der Waals surface area contributed by atoms with E-state index in [2.05, 4.69) is 9.82 Å². The molecule has 1 aliphatic heterocycles. The Kier molecular flexibility index (Phi) is 5.20. The van der Waals surface area contributed by atoms with Gasteiger partial charge in [0.1, 0.15) is 10.6 Å². The van der Waals surface area contributed by atoms with E-state index in [1.54, 1.807) is 11.6 Å². The molecule has 1 aromatic carbocycles. The summed E-state index contributed by atoms with van der Waals surface area (Å²) in [5.74, 6) is 2.17. The molecule has 1 saturated carbocycles. The Balaban J connectivity index is 1.33. The molecule has 8 nitrogen and oxygen atoms in total. The third-order valence-corrected chi connectivity index (χ3v) is 6.91. The van der Waals surface area contributed by atoms with Crippen molar-refractivity contribution in [1.29, 1.82) is 0 Å². The minimum Gasteiger partial charge on any atom is -0.490 e. The first kappa shape index (κ1) is 19.1. The van der Waals surface area contributed by atoms with Crippen molar-refractivity contribution >= 4 is 10.0 Å². The van der Waals surface area contributed by atoms with Gasteiger partial charge in [-0.2, -0.15) is 5.10 Å². The number of sulfonamides is 1. The molecule has 0 amide bonds. The minimum absolute atomic E-state index is 0.0608. The Bertz CT molecular complexity index is 948. The molecule has 0 atom stereocenters. The smallest absolute Gasteiger partial charge is 0.244 e. The topological polar surface area (TPSA) is 91.7 Å². The Hall–Kier alpha value is -2.26. The van der Waals surface area contributed by atoms with Crippen LogP contribution in [0.5, 0.6) is 17.2 Å². The molecular formula is C19H25N3O5S. The highest BCUT2D eigenvalue weighted by atomic mass is 32.2. The monoisotopic (exact) mass is 407 g/mol. The average molecular weight is 407 g/mol. The molecule has 0 unspecified atom stereocenters. The maximum Gasteiger partial charge on any atom is 0.244 e. The number of nitrogens with one attached hydrogen (secondary N) is 1. The molecule has 9 heteroatoms. The second kappa shape index (κ2) is 7.63. The van der Waals surface area contributed by atoms with Gasteiger partial charge in [0.15, 0.2) is 11.5 Å². The molecule has 0 spiro atoms. The second-order valence-electron chi connectivity index (χ2n) is 7.14. The highest BCUT2D eigenvalue weighted by Gasteiger charge is 2.29. The van der Waals surface area contributed by atoms with Crippen LogP contribution in [0.3, 0.4) is 0 Å². The summed E-state index contributed by atoms with van der Waals surface area (Å²) in [5, 5.41) is 4.14. The van der Waals surface area contributed by atoms with Gasteiger partial charge in [-0.1, -0.05) is 0 Å². The fourth-order valence-electron chi connectivity index (χ4n) is 3.74. The van der Waals surface area contributed by atoms with Crippen molar-refractivity contribution in [2.45, 2.75) is 63.1 Å². The number of aromatic nitrogens is 2. The molecule has 1 N–H and O–H groups in total. The molecule has 28 heavy (non-hydrogen) atoms. The van der Waals surface area contributed by atoms with Crippen LogP contribution in [0.2, 0.25) is 0 Å². The maximum atomic E-state index is 12.7. The van der Waals surface area contributed by atoms with Gasteiger partial charge in [-0.25, -0.2) is 13.1 Å². The SMILES string of the molecule is CCn1ncc(S(=O)(=O)NC2CCC(Oc3ccc4c(c3)OCO4)CC2)c1C. The standard InChI is InChI=1S/C19H25N3O5S/c1-3-22-13(2)19(11-20-22)28(23,24)21-14-4-6-15(7-5-14)27-16-8-9-17-18(10-16)26-12-25-17/h8-11,14-15,21H,3-7,12H2,1-2H3. The molecule has 0 saturated heterocycles. The van der Waals surface area contributed by atoms with Gasteiger partial charge in [0.2, 0.25) is 16.8 Å². The van der Waals surface area contributed by atoms with E-state index in [0.717, 1.165) is 37.2 Å². The lowest BCUT2D eigenvalue weighted by molar-refractivity contribution is 0.143. The van der Waals surface area contributed by atoms with Gasteiger partial charge in [0, 0.05) is 18.7 Å². The van der Waals surface area contributed by atoms with Crippen molar-refractivity contribution in [1.82, 2.24) is 14.5 Å². The zero-order chi connectivity index (χ0) is 19.7. The summed E-state index contributed by atoms with van der Waals surface area (Å²) in [6.07, 6.45) is 4.52. The van der Waals surface area contributed by atoms with Gasteiger partial charge in [0.05, 0.1) is 18.0 Å². The van der Waals surface area contributed by atoms with Gasteiger partial charge in [0.25, 0.3) is 0 Å². The van der Waals surface area contributed by atoms with Crippen LogP contribution in [0.15, 0.2) is 29.3 Å². The summed E-state index contributed by atoms with van der Waals surface area (Å²) in [7, 11) is -3.57. The Morgan fingerprint density at radius 1 is 1.21 bits per heavy atom. The quantitative estimate of drug-likeness (QED) is 0.791. The van der Waals surface area contributed by atoms with Crippen LogP contribution < -0.4 is 18.9 Å². The fraction of sp³-hybridized carbons (Fsp3) is 0.526. The molecule has 4 rings (SSSR count). The molecule has 1 aromatic heterocycles. The number of aryl methyl sites for hydroxylation is 1. The highest BCUT2D eigenvalue weighted by molar-refractivity contribution is 7.89. The van der Waals surface area contributed by atoms with Crippen molar-refractivity contribution in [3.63, 3.8) is 0 Å². The van der Waals surface area contributed by atoms with E-state index in [-0.39, 0.29) is 23.8 Å². The van der Waals surface area contributed by atoms with Crippen molar-refractivity contribution in [3.05, 3.63) is 30.1 Å². The van der Waals surface area contributed by atoms with Gasteiger partial charge in [-0.3, -0.25) is 4.68 Å². The normalized spacial score (nSPS) is 21.6. The van der Waals surface area contributed by atoms with E-state index >= 15 is 0 Å². The van der Waals surface area contributed by atoms with Crippen molar-refractivity contribution in [2.24, 2.45) is 0 Å². The minimum atomic E-state index is -3.57. The molecule has 2 heterocycles. The number of nitrogens with zero attached hydrogens (tertiary/aromatic N) is 2. The van der Waals surface area contributed by atoms with Gasteiger partial charge < -0.3 is 14.2 Å². The van der Waals surface area contributed by atoms with Crippen LogP contribution in [-0.2, 0) is 16.6 Å². The fourth-order valence-corrected chi connectivity index (χ4v) is 5.22. The maximum absolute atomic E-state index is 12.7. The van der Waals surface area contributed by atoms with Gasteiger partial charge >= 0.3 is 0 Å². The number of ether oxygens (including phenoxy) is 3. The van der Waals surface area contributed by atoms with Crippen LogP contribution in [-0.4, -0.2) is 37.1 Å². The molecule has 2 aliphatic rings. The summed E-state index contributed by atoms with van der Waals surface area (Å²) in [4.78, 5) is 0.257. The molecule has 152 valence electrons. The van der Waals surface area contributed by atoms with Crippen molar-refractivity contribution in [2.75, 3.05) is 6.79 Å². The first-order valence-electron chi connectivity index (χ1n) is 9.57. The third-order valence-electron chi connectivity index (χ3n) is 5.29. The summed E-state index contributed by atoms with van der Waals surface area (Å²) in [6, 6.07) is 5.46. The van der Waals surface area contributed by atoms with E-state index in [1.165, 1.54) is 6.20 Å². The summed E-state index contributed by atoms with van der Waals surface area (Å²) < 4.78 is 46.7. The van der Waals surface area contributed by atoms with Gasteiger partial charge in [-0.15, -0.1) is 0 Å². The van der Waals surface area contributed by atoms with E-state index in [0.29, 0.717) is 18.0 Å². The number of hydrogen-bond acceptors (Lipinski definition) is 6. The van der Waals surface area contributed by atoms with E-state index in [4.69, 9.17) is 14.2 Å². The summed E-state index contributed by atoms with van der Waals surface area (Å²) in [6.45, 7) is 4.59. The Labute approximate surface area is 164 Å². The van der Waals surface area contributed by atoms with Crippen LogP contribution in [0.25, 0.3) is 0 Å². The Morgan fingerprint density at radius 2 is 1.96 bits per heavy atom. The summed E-state index contributed by atoms with van der Waals surface area (Å²) >= 11 is 0. The molecule has 0 radical (unpaired) electrons. The number of benzene rings is 1. The lowest BCUT2D eigenvalue weighted by Crippen LogP contribution is -2.39. The molecular weight excluding hydrogens is 382 g/mol. The number of fused-ring (bicyclic) bond motifs is 1. The zero-order valence-electron chi connectivity index (χ0n) is 16.1. The lowest BCUT2D eigenvalue weighted by Gasteiger charge is -2.29. The Morgan fingerprint density at radius 3 is 2.68 bits per heavy atom.